The quantitative estimate of drug-likeness (QED) is 0.760. The number of carbonyl (C=O) groups excluding carboxylic acids is 2. The van der Waals surface area contributed by atoms with E-state index in [2.05, 4.69) is 11.4 Å². The van der Waals surface area contributed by atoms with Crippen molar-refractivity contribution < 1.29 is 19.1 Å². The number of ether oxygens (including phenoxy) is 2. The molecule has 1 atom stereocenters. The predicted octanol–water partition coefficient (Wildman–Crippen LogP) is 3.44. The van der Waals surface area contributed by atoms with Gasteiger partial charge in [-0.05, 0) is 56.0 Å². The molecule has 0 spiro atoms. The molecule has 0 heterocycles. The molecular formula is C21H20N2O4. The minimum atomic E-state index is -0.910. The Morgan fingerprint density at radius 3 is 2.52 bits per heavy atom. The van der Waals surface area contributed by atoms with Crippen LogP contribution in [0.1, 0.15) is 30.1 Å². The van der Waals surface area contributed by atoms with E-state index in [4.69, 9.17) is 9.47 Å². The average Bonchev–Trinajstić information content (AvgIpc) is 3.53. The van der Waals surface area contributed by atoms with Crippen molar-refractivity contribution >= 4 is 11.9 Å². The molecule has 2 aromatic rings. The lowest BCUT2D eigenvalue weighted by Gasteiger charge is -2.22. The first-order valence-electron chi connectivity index (χ1n) is 8.72. The van der Waals surface area contributed by atoms with E-state index < -0.39 is 24.0 Å². The van der Waals surface area contributed by atoms with E-state index in [0.29, 0.717) is 11.5 Å². The van der Waals surface area contributed by atoms with Crippen LogP contribution in [0.15, 0.2) is 54.6 Å². The van der Waals surface area contributed by atoms with Gasteiger partial charge in [-0.2, -0.15) is 5.26 Å². The molecule has 1 amide bonds. The molecule has 0 aromatic heterocycles. The number of nitriles is 1. The van der Waals surface area contributed by atoms with Gasteiger partial charge in [0.1, 0.15) is 17.0 Å². The maximum atomic E-state index is 12.2. The summed E-state index contributed by atoms with van der Waals surface area (Å²) in [5.74, 6) is 0.183. The molecule has 0 unspecified atom stereocenters. The fraction of sp³-hybridized carbons (Fsp3) is 0.286. The summed E-state index contributed by atoms with van der Waals surface area (Å²) in [5.41, 5.74) is -0.631. The molecule has 1 aliphatic carbocycles. The smallest absolute Gasteiger partial charge is 0.338 e. The SMILES string of the molecule is C[C@](C#N)(NC(=O)COC(=O)c1cccc(Oc2ccccc2)c1)C1CC1. The number of nitrogens with one attached hydrogen (secondary N) is 1. The third-order valence-electron chi connectivity index (χ3n) is 4.41. The van der Waals surface area contributed by atoms with Gasteiger partial charge in [-0.1, -0.05) is 24.3 Å². The van der Waals surface area contributed by atoms with E-state index in [0.717, 1.165) is 12.8 Å². The summed E-state index contributed by atoms with van der Waals surface area (Å²) < 4.78 is 10.8. The monoisotopic (exact) mass is 364 g/mol. The molecule has 0 radical (unpaired) electrons. The zero-order valence-corrected chi connectivity index (χ0v) is 15.0. The van der Waals surface area contributed by atoms with Gasteiger partial charge in [-0.25, -0.2) is 4.79 Å². The van der Waals surface area contributed by atoms with Crippen molar-refractivity contribution in [1.82, 2.24) is 5.32 Å². The van der Waals surface area contributed by atoms with E-state index in [9.17, 15) is 14.9 Å². The van der Waals surface area contributed by atoms with Gasteiger partial charge in [0.2, 0.25) is 0 Å². The largest absolute Gasteiger partial charge is 0.457 e. The Bertz CT molecular complexity index is 871. The van der Waals surface area contributed by atoms with E-state index in [1.54, 1.807) is 43.3 Å². The second kappa shape index (κ2) is 7.92. The summed E-state index contributed by atoms with van der Waals surface area (Å²) in [6, 6.07) is 17.9. The van der Waals surface area contributed by atoms with Crippen LogP contribution in [0.25, 0.3) is 0 Å². The van der Waals surface area contributed by atoms with Crippen molar-refractivity contribution in [2.75, 3.05) is 6.61 Å². The first-order chi connectivity index (χ1) is 13.0. The molecule has 1 saturated carbocycles. The summed E-state index contributed by atoms with van der Waals surface area (Å²) >= 11 is 0. The molecule has 6 nitrogen and oxygen atoms in total. The summed E-state index contributed by atoms with van der Waals surface area (Å²) in [5, 5.41) is 11.9. The lowest BCUT2D eigenvalue weighted by Crippen LogP contribution is -2.48. The van der Waals surface area contributed by atoms with Gasteiger partial charge in [0.25, 0.3) is 5.91 Å². The van der Waals surface area contributed by atoms with Gasteiger partial charge < -0.3 is 14.8 Å². The number of hydrogen-bond donors (Lipinski definition) is 1. The van der Waals surface area contributed by atoms with E-state index in [-0.39, 0.29) is 11.5 Å². The van der Waals surface area contributed by atoms with Gasteiger partial charge in [0, 0.05) is 0 Å². The van der Waals surface area contributed by atoms with Crippen LogP contribution >= 0.6 is 0 Å². The van der Waals surface area contributed by atoms with Crippen LogP contribution in [-0.4, -0.2) is 24.0 Å². The van der Waals surface area contributed by atoms with Crippen LogP contribution < -0.4 is 10.1 Å². The standard InChI is InChI=1S/C21H20N2O4/c1-21(14-22,16-10-11-16)23-19(24)13-26-20(25)15-6-5-9-18(12-15)27-17-7-3-2-4-8-17/h2-9,12,16H,10-11,13H2,1H3,(H,23,24)/t21-/m1/s1. The van der Waals surface area contributed by atoms with Crippen molar-refractivity contribution in [3.05, 3.63) is 60.2 Å². The highest BCUT2D eigenvalue weighted by atomic mass is 16.5. The van der Waals surface area contributed by atoms with E-state index in [1.165, 1.54) is 0 Å². The number of benzene rings is 2. The summed E-state index contributed by atoms with van der Waals surface area (Å²) in [7, 11) is 0. The number of para-hydroxylation sites is 1. The molecule has 1 fully saturated rings. The minimum absolute atomic E-state index is 0.161. The Morgan fingerprint density at radius 1 is 1.15 bits per heavy atom. The number of carbonyl (C=O) groups is 2. The first kappa shape index (κ1) is 18.5. The Hall–Kier alpha value is -3.33. The highest BCUT2D eigenvalue weighted by Crippen LogP contribution is 2.39. The Balaban J connectivity index is 1.56. The van der Waals surface area contributed by atoms with Crippen LogP contribution in [0.5, 0.6) is 11.5 Å². The van der Waals surface area contributed by atoms with Gasteiger partial charge in [-0.3, -0.25) is 4.79 Å². The second-order valence-electron chi connectivity index (χ2n) is 6.66. The fourth-order valence-electron chi connectivity index (χ4n) is 2.73. The summed E-state index contributed by atoms with van der Waals surface area (Å²) in [4.78, 5) is 24.2. The van der Waals surface area contributed by atoms with E-state index >= 15 is 0 Å². The molecule has 6 heteroatoms. The Morgan fingerprint density at radius 2 is 1.85 bits per heavy atom. The maximum absolute atomic E-state index is 12.2. The van der Waals surface area contributed by atoms with Crippen LogP contribution in [0.4, 0.5) is 0 Å². The van der Waals surface area contributed by atoms with Crippen LogP contribution in [-0.2, 0) is 9.53 Å². The first-order valence-corrected chi connectivity index (χ1v) is 8.72. The number of rotatable bonds is 7. The predicted molar refractivity (Wildman–Crippen MR) is 98.1 cm³/mol. The Labute approximate surface area is 157 Å². The normalized spacial score (nSPS) is 15.1. The van der Waals surface area contributed by atoms with Crippen molar-refractivity contribution in [3.8, 4) is 17.6 Å². The van der Waals surface area contributed by atoms with Crippen molar-refractivity contribution in [3.63, 3.8) is 0 Å². The lowest BCUT2D eigenvalue weighted by molar-refractivity contribution is -0.125. The van der Waals surface area contributed by atoms with Gasteiger partial charge in [0.15, 0.2) is 6.61 Å². The zero-order valence-electron chi connectivity index (χ0n) is 15.0. The second-order valence-corrected chi connectivity index (χ2v) is 6.66. The van der Waals surface area contributed by atoms with Gasteiger partial charge >= 0.3 is 5.97 Å². The number of esters is 1. The van der Waals surface area contributed by atoms with Crippen molar-refractivity contribution in [2.45, 2.75) is 25.3 Å². The molecule has 138 valence electrons. The molecule has 27 heavy (non-hydrogen) atoms. The topological polar surface area (TPSA) is 88.4 Å². The molecule has 1 aliphatic rings. The van der Waals surface area contributed by atoms with E-state index in [1.807, 2.05) is 18.2 Å². The molecule has 0 bridgehead atoms. The van der Waals surface area contributed by atoms with Crippen molar-refractivity contribution in [1.29, 1.82) is 5.26 Å². The van der Waals surface area contributed by atoms with Gasteiger partial charge in [-0.15, -0.1) is 0 Å². The molecule has 0 aliphatic heterocycles. The highest BCUT2D eigenvalue weighted by molar-refractivity contribution is 5.91. The van der Waals surface area contributed by atoms with Crippen LogP contribution in [0.3, 0.4) is 0 Å². The minimum Gasteiger partial charge on any atom is -0.457 e. The maximum Gasteiger partial charge on any atom is 0.338 e. The van der Waals surface area contributed by atoms with Gasteiger partial charge in [0.05, 0.1) is 11.6 Å². The average molecular weight is 364 g/mol. The summed E-state index contributed by atoms with van der Waals surface area (Å²) in [6.45, 7) is 1.25. The number of hydrogen-bond acceptors (Lipinski definition) is 5. The van der Waals surface area contributed by atoms with Crippen LogP contribution in [0.2, 0.25) is 0 Å². The molecule has 0 saturated heterocycles. The molecule has 3 rings (SSSR count). The molecular weight excluding hydrogens is 344 g/mol. The summed E-state index contributed by atoms with van der Waals surface area (Å²) in [6.07, 6.45) is 1.83. The number of amides is 1. The third-order valence-corrected chi connectivity index (χ3v) is 4.41. The lowest BCUT2D eigenvalue weighted by atomic mass is 9.98. The highest BCUT2D eigenvalue weighted by Gasteiger charge is 2.43. The zero-order chi connectivity index (χ0) is 19.3. The fourth-order valence-corrected chi connectivity index (χ4v) is 2.73. The van der Waals surface area contributed by atoms with Crippen molar-refractivity contribution in [2.24, 2.45) is 5.92 Å². The number of nitrogens with zero attached hydrogens (tertiary/aromatic N) is 1. The van der Waals surface area contributed by atoms with Crippen LogP contribution in [0, 0.1) is 17.2 Å². The Kier molecular flexibility index (Phi) is 5.41. The molecule has 1 N–H and O–H groups in total. The third kappa shape index (κ3) is 4.85. The molecule has 2 aromatic carbocycles.